The molecular weight excluding hydrogens is 278 g/mol. The van der Waals surface area contributed by atoms with Crippen LogP contribution in [0.2, 0.25) is 0 Å². The first-order valence-corrected chi connectivity index (χ1v) is 8.07. The molecule has 0 aromatic heterocycles. The second kappa shape index (κ2) is 8.49. The molecule has 0 radical (unpaired) electrons. The van der Waals surface area contributed by atoms with Crippen LogP contribution in [-0.4, -0.2) is 55.5 Å². The molecule has 1 fully saturated rings. The maximum absolute atomic E-state index is 10.5. The number of ether oxygens (including phenoxy) is 1. The molecule has 1 aliphatic heterocycles. The van der Waals surface area contributed by atoms with Crippen molar-refractivity contribution >= 4 is 11.8 Å². The molecule has 1 rings (SSSR count). The molecule has 7 heteroatoms. The third kappa shape index (κ3) is 5.68. The van der Waals surface area contributed by atoms with Crippen LogP contribution in [0.4, 0.5) is 0 Å². The number of nitrogens with one attached hydrogen (secondary N) is 1. The zero-order chi connectivity index (χ0) is 15.1. The Bertz CT molecular complexity index is 352. The van der Waals surface area contributed by atoms with Crippen LogP contribution in [-0.2, 0) is 4.74 Å². The topological polar surface area (TPSA) is 67.6 Å². The van der Waals surface area contributed by atoms with Crippen molar-refractivity contribution in [2.45, 2.75) is 19.9 Å². The second-order valence-corrected chi connectivity index (χ2v) is 6.28. The van der Waals surface area contributed by atoms with Crippen LogP contribution < -0.4 is 5.32 Å². The van der Waals surface area contributed by atoms with E-state index in [9.17, 15) is 10.1 Å². The molecule has 6 nitrogen and oxygen atoms in total. The summed E-state index contributed by atoms with van der Waals surface area (Å²) in [5.41, 5.74) is 0. The first kappa shape index (κ1) is 17.3. The molecule has 1 N–H and O–H groups in total. The van der Waals surface area contributed by atoms with Gasteiger partial charge in [-0.05, 0) is 32.1 Å². The van der Waals surface area contributed by atoms with E-state index >= 15 is 0 Å². The number of nitrogens with zero attached hydrogens (tertiary/aromatic N) is 2. The molecule has 1 saturated heterocycles. The Labute approximate surface area is 125 Å². The highest BCUT2D eigenvalue weighted by Crippen LogP contribution is 2.21. The first-order chi connectivity index (χ1) is 9.43. The SMILES string of the molecule is CSC(=C[N+](=O)[O-])NCC(C)N(C)CC1COCC1C. The molecule has 0 aromatic rings. The highest BCUT2D eigenvalue weighted by atomic mass is 32.2. The monoisotopic (exact) mass is 303 g/mol. The maximum atomic E-state index is 10.5. The van der Waals surface area contributed by atoms with Crippen LogP contribution in [0.3, 0.4) is 0 Å². The Hall–Kier alpha value is -0.790. The number of thioether (sulfide) groups is 1. The molecule has 1 heterocycles. The summed E-state index contributed by atoms with van der Waals surface area (Å²) in [5, 5.41) is 14.2. The van der Waals surface area contributed by atoms with Gasteiger partial charge >= 0.3 is 0 Å². The van der Waals surface area contributed by atoms with Gasteiger partial charge in [0, 0.05) is 25.7 Å². The Balaban J connectivity index is 2.37. The summed E-state index contributed by atoms with van der Waals surface area (Å²) in [6, 6.07) is 0.310. The van der Waals surface area contributed by atoms with Gasteiger partial charge in [0.1, 0.15) is 5.03 Å². The largest absolute Gasteiger partial charge is 0.381 e. The van der Waals surface area contributed by atoms with Crippen molar-refractivity contribution in [1.29, 1.82) is 0 Å². The van der Waals surface area contributed by atoms with E-state index in [-0.39, 0.29) is 0 Å². The molecule has 0 spiro atoms. The lowest BCUT2D eigenvalue weighted by molar-refractivity contribution is -0.403. The quantitative estimate of drug-likeness (QED) is 0.543. The van der Waals surface area contributed by atoms with E-state index in [1.807, 2.05) is 6.26 Å². The smallest absolute Gasteiger partial charge is 0.263 e. The standard InChI is InChI=1S/C13H25N3O3S/c1-10-8-19-9-12(10)6-15(3)11(2)5-14-13(20-4)7-16(17)18/h7,10-12,14H,5-6,8-9H2,1-4H3. The van der Waals surface area contributed by atoms with Gasteiger partial charge < -0.3 is 15.0 Å². The van der Waals surface area contributed by atoms with Crippen LogP contribution in [0.15, 0.2) is 11.2 Å². The Morgan fingerprint density at radius 2 is 2.35 bits per heavy atom. The van der Waals surface area contributed by atoms with Gasteiger partial charge in [-0.25, -0.2) is 0 Å². The van der Waals surface area contributed by atoms with Crippen LogP contribution >= 0.6 is 11.8 Å². The van der Waals surface area contributed by atoms with E-state index in [0.29, 0.717) is 29.5 Å². The van der Waals surface area contributed by atoms with Crippen LogP contribution in [0, 0.1) is 22.0 Å². The number of hydrogen-bond donors (Lipinski definition) is 1. The van der Waals surface area contributed by atoms with Crippen molar-refractivity contribution in [3.05, 3.63) is 21.3 Å². The zero-order valence-corrected chi connectivity index (χ0v) is 13.5. The van der Waals surface area contributed by atoms with Gasteiger partial charge in [0.2, 0.25) is 0 Å². The van der Waals surface area contributed by atoms with Crippen molar-refractivity contribution in [3.63, 3.8) is 0 Å². The minimum absolute atomic E-state index is 0.310. The molecule has 3 unspecified atom stereocenters. The number of hydrogen-bond acceptors (Lipinski definition) is 6. The average Bonchev–Trinajstić information content (AvgIpc) is 2.79. The molecule has 0 saturated carbocycles. The van der Waals surface area contributed by atoms with Crippen LogP contribution in [0.1, 0.15) is 13.8 Å². The second-order valence-electron chi connectivity index (χ2n) is 5.43. The molecular formula is C13H25N3O3S. The predicted molar refractivity (Wildman–Crippen MR) is 82.2 cm³/mol. The van der Waals surface area contributed by atoms with Gasteiger partial charge in [-0.2, -0.15) is 0 Å². The van der Waals surface area contributed by atoms with E-state index in [0.717, 1.165) is 26.0 Å². The lowest BCUT2D eigenvalue weighted by Gasteiger charge is -2.28. The number of nitro groups is 1. The molecule has 0 aromatic carbocycles. The van der Waals surface area contributed by atoms with Crippen molar-refractivity contribution < 1.29 is 9.66 Å². The van der Waals surface area contributed by atoms with Gasteiger partial charge in [-0.3, -0.25) is 10.1 Å². The van der Waals surface area contributed by atoms with E-state index in [1.54, 1.807) is 0 Å². The third-order valence-corrected chi connectivity index (χ3v) is 4.50. The predicted octanol–water partition coefficient (Wildman–Crippen LogP) is 1.62. The summed E-state index contributed by atoms with van der Waals surface area (Å²) in [7, 11) is 2.09. The van der Waals surface area contributed by atoms with Gasteiger partial charge in [-0.1, -0.05) is 6.92 Å². The minimum atomic E-state index is -0.426. The Kier molecular flexibility index (Phi) is 7.32. The molecule has 0 amide bonds. The number of likely N-dealkylation sites (N-methyl/N-ethyl adjacent to an activating group) is 1. The summed E-state index contributed by atoms with van der Waals surface area (Å²) in [6.07, 6.45) is 2.85. The van der Waals surface area contributed by atoms with E-state index in [2.05, 4.69) is 31.1 Å². The number of rotatable bonds is 8. The summed E-state index contributed by atoms with van der Waals surface area (Å²) in [4.78, 5) is 12.3. The summed E-state index contributed by atoms with van der Waals surface area (Å²) in [5.74, 6) is 1.19. The minimum Gasteiger partial charge on any atom is -0.381 e. The van der Waals surface area contributed by atoms with Crippen molar-refractivity contribution in [2.24, 2.45) is 11.8 Å². The van der Waals surface area contributed by atoms with Crippen LogP contribution in [0.5, 0.6) is 0 Å². The fraction of sp³-hybridized carbons (Fsp3) is 0.846. The molecule has 20 heavy (non-hydrogen) atoms. The van der Waals surface area contributed by atoms with Crippen molar-refractivity contribution in [2.75, 3.05) is 39.6 Å². The molecule has 0 aliphatic carbocycles. The third-order valence-electron chi connectivity index (χ3n) is 3.81. The fourth-order valence-electron chi connectivity index (χ4n) is 2.16. The summed E-state index contributed by atoms with van der Waals surface area (Å²) in [6.45, 7) is 7.73. The Morgan fingerprint density at radius 3 is 2.85 bits per heavy atom. The highest BCUT2D eigenvalue weighted by Gasteiger charge is 2.26. The van der Waals surface area contributed by atoms with Gasteiger partial charge in [-0.15, -0.1) is 11.8 Å². The highest BCUT2D eigenvalue weighted by molar-refractivity contribution is 8.02. The lowest BCUT2D eigenvalue weighted by atomic mass is 9.97. The van der Waals surface area contributed by atoms with E-state index in [4.69, 9.17) is 4.74 Å². The maximum Gasteiger partial charge on any atom is 0.263 e. The molecule has 3 atom stereocenters. The Morgan fingerprint density at radius 1 is 1.65 bits per heavy atom. The van der Waals surface area contributed by atoms with Gasteiger partial charge in [0.15, 0.2) is 0 Å². The lowest BCUT2D eigenvalue weighted by Crippen LogP contribution is -2.41. The van der Waals surface area contributed by atoms with Crippen molar-refractivity contribution in [1.82, 2.24) is 10.2 Å². The molecule has 0 bridgehead atoms. The first-order valence-electron chi connectivity index (χ1n) is 6.85. The molecule has 116 valence electrons. The average molecular weight is 303 g/mol. The fourth-order valence-corrected chi connectivity index (χ4v) is 2.58. The zero-order valence-electron chi connectivity index (χ0n) is 12.7. The van der Waals surface area contributed by atoms with E-state index < -0.39 is 4.92 Å². The molecule has 1 aliphatic rings. The normalized spacial score (nSPS) is 24.9. The van der Waals surface area contributed by atoms with Gasteiger partial charge in [0.05, 0.1) is 11.5 Å². The summed E-state index contributed by atoms with van der Waals surface area (Å²) >= 11 is 1.36. The van der Waals surface area contributed by atoms with E-state index in [1.165, 1.54) is 11.8 Å². The summed E-state index contributed by atoms with van der Waals surface area (Å²) < 4.78 is 5.48. The van der Waals surface area contributed by atoms with Gasteiger partial charge in [0.25, 0.3) is 6.20 Å². The van der Waals surface area contributed by atoms with Crippen LogP contribution in [0.25, 0.3) is 0 Å². The van der Waals surface area contributed by atoms with Crippen molar-refractivity contribution in [3.8, 4) is 0 Å².